The van der Waals surface area contributed by atoms with Gasteiger partial charge in [0.15, 0.2) is 11.5 Å². The molecule has 0 spiro atoms. The molecule has 254 valence electrons. The predicted molar refractivity (Wildman–Crippen MR) is 184 cm³/mol. The van der Waals surface area contributed by atoms with E-state index < -0.39 is 20.2 Å². The van der Waals surface area contributed by atoms with Gasteiger partial charge in [-0.1, -0.05) is 48.5 Å². The molecule has 6 rings (SSSR count). The molecule has 0 aliphatic carbocycles. The van der Waals surface area contributed by atoms with Crippen molar-refractivity contribution in [1.82, 2.24) is 0 Å². The molecule has 0 amide bonds. The minimum absolute atomic E-state index is 0.0606. The average molecular weight is 715 g/mol. The number of rotatable bonds is 9. The van der Waals surface area contributed by atoms with E-state index in [2.05, 4.69) is 20.5 Å². The summed E-state index contributed by atoms with van der Waals surface area (Å²) in [5.74, 6) is 0.0660. The molecule has 14 nitrogen and oxygen atoms in total. The lowest BCUT2D eigenvalue weighted by molar-refractivity contribution is 0.415. The van der Waals surface area contributed by atoms with Gasteiger partial charge in [0.1, 0.15) is 44.0 Å². The lowest BCUT2D eigenvalue weighted by Gasteiger charge is -2.10. The third-order valence-corrected chi connectivity index (χ3v) is 9.55. The summed E-state index contributed by atoms with van der Waals surface area (Å²) in [6, 6.07) is 24.1. The summed E-state index contributed by atoms with van der Waals surface area (Å²) in [5.41, 5.74) is 2.22. The van der Waals surface area contributed by atoms with E-state index in [1.807, 2.05) is 0 Å². The topological polar surface area (TPSA) is 217 Å². The first kappa shape index (κ1) is 33.9. The van der Waals surface area contributed by atoms with Gasteiger partial charge in [0.05, 0.1) is 14.2 Å². The molecule has 0 aromatic heterocycles. The first-order valence-electron chi connectivity index (χ1n) is 14.4. The van der Waals surface area contributed by atoms with E-state index in [4.69, 9.17) is 9.47 Å². The number of aromatic hydroxyl groups is 2. The fourth-order valence-corrected chi connectivity index (χ4v) is 6.72. The van der Waals surface area contributed by atoms with Crippen LogP contribution in [0.15, 0.2) is 127 Å². The van der Waals surface area contributed by atoms with Crippen LogP contribution in [0.4, 0.5) is 22.7 Å². The van der Waals surface area contributed by atoms with Crippen molar-refractivity contribution in [2.45, 2.75) is 9.79 Å². The maximum Gasteiger partial charge on any atom is 0.295 e. The minimum Gasteiger partial charge on any atom is -0.505 e. The second kappa shape index (κ2) is 13.2. The first-order valence-corrected chi connectivity index (χ1v) is 17.3. The Bertz CT molecular complexity index is 2430. The van der Waals surface area contributed by atoms with Crippen molar-refractivity contribution >= 4 is 64.5 Å². The molecule has 0 saturated heterocycles. The maximum atomic E-state index is 11.7. The molecule has 4 N–H and O–H groups in total. The van der Waals surface area contributed by atoms with Gasteiger partial charge in [-0.2, -0.15) is 16.8 Å². The second-order valence-corrected chi connectivity index (χ2v) is 13.5. The largest absolute Gasteiger partial charge is 0.505 e. The smallest absolute Gasteiger partial charge is 0.295 e. The number of nitrogens with zero attached hydrogens (tertiary/aromatic N) is 4. The molecule has 0 unspecified atom stereocenters. The highest BCUT2D eigenvalue weighted by Gasteiger charge is 2.18. The van der Waals surface area contributed by atoms with Crippen LogP contribution in [0.5, 0.6) is 23.0 Å². The van der Waals surface area contributed by atoms with Gasteiger partial charge in [-0.25, -0.2) is 0 Å². The number of phenolic OH excluding ortho intramolecular Hbond substituents is 2. The van der Waals surface area contributed by atoms with Crippen LogP contribution >= 0.6 is 0 Å². The summed E-state index contributed by atoms with van der Waals surface area (Å²) >= 11 is 0. The highest BCUT2D eigenvalue weighted by atomic mass is 32.2. The number of fused-ring (bicyclic) bond motifs is 2. The summed E-state index contributed by atoms with van der Waals surface area (Å²) in [7, 11) is -6.12. The molecule has 0 aliphatic heterocycles. The molecule has 0 aliphatic rings. The Labute approximate surface area is 285 Å². The van der Waals surface area contributed by atoms with Gasteiger partial charge in [0, 0.05) is 21.5 Å². The Morgan fingerprint density at radius 3 is 1.20 bits per heavy atom. The van der Waals surface area contributed by atoms with Crippen LogP contribution in [0.3, 0.4) is 0 Å². The quantitative estimate of drug-likeness (QED) is 0.0827. The van der Waals surface area contributed by atoms with E-state index in [0.717, 1.165) is 11.1 Å². The fraction of sp³-hybridized carbons (Fsp3) is 0.0588. The van der Waals surface area contributed by atoms with Crippen molar-refractivity contribution in [3.05, 3.63) is 97.1 Å². The Morgan fingerprint density at radius 1 is 0.480 bits per heavy atom. The molecule has 0 saturated carbocycles. The standard InChI is InChI=1S/C34H26N4O10S2/c1-47-29-17-19(9-13-25(29)35-37-27-15-11-21-23(33(27)39)5-3-7-31(21)49(41,42)43)20-10-14-26(30(18-20)48-2)36-38-28-16-12-22-24(34(28)40)6-4-8-32(22)50(44,45)46/h3-18,39-40H,1-2H3,(H,41,42,43)(H,44,45,46). The van der Waals surface area contributed by atoms with Crippen molar-refractivity contribution in [3.8, 4) is 34.1 Å². The molecule has 50 heavy (non-hydrogen) atoms. The minimum atomic E-state index is -4.52. The van der Waals surface area contributed by atoms with Crippen molar-refractivity contribution < 1.29 is 45.6 Å². The summed E-state index contributed by atoms with van der Waals surface area (Å²) < 4.78 is 77.1. The van der Waals surface area contributed by atoms with Crippen LogP contribution in [-0.2, 0) is 20.2 Å². The molecule has 16 heteroatoms. The van der Waals surface area contributed by atoms with Gasteiger partial charge in [0.2, 0.25) is 0 Å². The third-order valence-electron chi connectivity index (χ3n) is 7.72. The van der Waals surface area contributed by atoms with Gasteiger partial charge < -0.3 is 19.7 Å². The molecule has 0 heterocycles. The average Bonchev–Trinajstić information content (AvgIpc) is 3.09. The number of hydrogen-bond donors (Lipinski definition) is 4. The summed E-state index contributed by atoms with van der Waals surface area (Å²) in [6.45, 7) is 0. The number of benzene rings is 6. The van der Waals surface area contributed by atoms with E-state index in [1.165, 1.54) is 74.9 Å². The Hall–Kier alpha value is -5.94. The van der Waals surface area contributed by atoms with Gasteiger partial charge in [0.25, 0.3) is 20.2 Å². The van der Waals surface area contributed by atoms with Crippen LogP contribution in [0, 0.1) is 0 Å². The number of methoxy groups -OCH3 is 2. The molecular formula is C34H26N4O10S2. The van der Waals surface area contributed by atoms with Gasteiger partial charge in [-0.15, -0.1) is 20.5 Å². The van der Waals surface area contributed by atoms with Crippen molar-refractivity contribution in [3.63, 3.8) is 0 Å². The molecule has 0 atom stereocenters. The monoisotopic (exact) mass is 714 g/mol. The predicted octanol–water partition coefficient (Wildman–Crippen LogP) is 8.41. The van der Waals surface area contributed by atoms with E-state index in [1.54, 1.807) is 36.4 Å². The van der Waals surface area contributed by atoms with E-state index in [9.17, 15) is 36.2 Å². The van der Waals surface area contributed by atoms with Gasteiger partial charge >= 0.3 is 0 Å². The lowest BCUT2D eigenvalue weighted by atomic mass is 10.0. The molecule has 0 bridgehead atoms. The van der Waals surface area contributed by atoms with Crippen molar-refractivity contribution in [2.24, 2.45) is 20.5 Å². The van der Waals surface area contributed by atoms with Crippen LogP contribution in [0.2, 0.25) is 0 Å². The Morgan fingerprint density at radius 2 is 0.840 bits per heavy atom. The number of hydrogen-bond acceptors (Lipinski definition) is 12. The van der Waals surface area contributed by atoms with E-state index >= 15 is 0 Å². The van der Waals surface area contributed by atoms with Gasteiger partial charge in [-0.05, 0) is 59.7 Å². The van der Waals surface area contributed by atoms with Crippen molar-refractivity contribution in [1.29, 1.82) is 0 Å². The number of ether oxygens (including phenoxy) is 2. The zero-order chi connectivity index (χ0) is 35.8. The maximum absolute atomic E-state index is 11.7. The van der Waals surface area contributed by atoms with Crippen LogP contribution in [-0.4, -0.2) is 50.4 Å². The zero-order valence-corrected chi connectivity index (χ0v) is 27.7. The first-order chi connectivity index (χ1) is 23.8. The Kier molecular flexibility index (Phi) is 8.94. The SMILES string of the molecule is COc1cc(-c2ccc(N=Nc3ccc4c(S(=O)(=O)O)cccc4c3O)c(OC)c2)ccc1N=Nc1ccc2c(S(=O)(=O)O)cccc2c1O. The zero-order valence-electron chi connectivity index (χ0n) is 26.1. The van der Waals surface area contributed by atoms with Crippen molar-refractivity contribution in [2.75, 3.05) is 14.2 Å². The number of phenols is 2. The third kappa shape index (κ3) is 6.55. The summed E-state index contributed by atoms with van der Waals surface area (Å²) in [5, 5.41) is 38.8. The second-order valence-electron chi connectivity index (χ2n) is 10.7. The summed E-state index contributed by atoms with van der Waals surface area (Å²) in [6.07, 6.45) is 0. The van der Waals surface area contributed by atoms with Crippen LogP contribution < -0.4 is 9.47 Å². The normalized spacial score (nSPS) is 12.3. The highest BCUT2D eigenvalue weighted by Crippen LogP contribution is 2.42. The lowest BCUT2D eigenvalue weighted by Crippen LogP contribution is -1.98. The number of azo groups is 2. The molecule has 0 radical (unpaired) electrons. The molecule has 0 fully saturated rings. The van der Waals surface area contributed by atoms with E-state index in [0.29, 0.717) is 22.9 Å². The molecule has 6 aromatic carbocycles. The Balaban J connectivity index is 1.27. The molecular weight excluding hydrogens is 689 g/mol. The van der Waals surface area contributed by atoms with Crippen LogP contribution in [0.25, 0.3) is 32.7 Å². The van der Waals surface area contributed by atoms with Gasteiger partial charge in [-0.3, -0.25) is 9.11 Å². The summed E-state index contributed by atoms with van der Waals surface area (Å²) in [4.78, 5) is -0.690. The van der Waals surface area contributed by atoms with Crippen LogP contribution in [0.1, 0.15) is 0 Å². The molecule has 6 aromatic rings. The fourth-order valence-electron chi connectivity index (χ4n) is 5.31. The highest BCUT2D eigenvalue weighted by molar-refractivity contribution is 7.86. The van der Waals surface area contributed by atoms with E-state index in [-0.39, 0.29) is 54.2 Å².